The first-order valence-electron chi connectivity index (χ1n) is 6.93. The number of carbonyl (C=O) groups excluding carboxylic acids is 1. The molecule has 2 aromatic carbocycles. The van der Waals surface area contributed by atoms with E-state index < -0.39 is 0 Å². The Balaban J connectivity index is 1.56. The number of aromatic nitrogens is 1. The molecule has 3 aromatic rings. The van der Waals surface area contributed by atoms with Crippen molar-refractivity contribution in [2.75, 3.05) is 11.1 Å². The minimum atomic E-state index is -0.128. The smallest absolute Gasteiger partial charge is 0.234 e. The maximum absolute atomic E-state index is 11.9. The quantitative estimate of drug-likeness (QED) is 0.681. The van der Waals surface area contributed by atoms with E-state index >= 15 is 0 Å². The molecule has 2 N–H and O–H groups in total. The van der Waals surface area contributed by atoms with Crippen LogP contribution in [-0.2, 0) is 4.79 Å². The zero-order valence-electron chi connectivity index (χ0n) is 12.1. The van der Waals surface area contributed by atoms with Crippen LogP contribution in [0, 0.1) is 0 Å². The summed E-state index contributed by atoms with van der Waals surface area (Å²) in [6.45, 7) is 0. The Bertz CT molecular complexity index is 803. The SMILES string of the molecule is O=C(CSc1nc(-c2ccccc2)cs1)Nc1cccc(O)c1. The van der Waals surface area contributed by atoms with E-state index in [-0.39, 0.29) is 17.4 Å². The van der Waals surface area contributed by atoms with E-state index in [1.165, 1.54) is 29.2 Å². The minimum Gasteiger partial charge on any atom is -0.508 e. The van der Waals surface area contributed by atoms with E-state index in [9.17, 15) is 9.90 Å². The van der Waals surface area contributed by atoms with Crippen LogP contribution < -0.4 is 5.32 Å². The van der Waals surface area contributed by atoms with Gasteiger partial charge >= 0.3 is 0 Å². The first kappa shape index (κ1) is 15.6. The van der Waals surface area contributed by atoms with Gasteiger partial charge in [0.2, 0.25) is 5.91 Å². The summed E-state index contributed by atoms with van der Waals surface area (Å²) in [7, 11) is 0. The molecule has 0 saturated carbocycles. The van der Waals surface area contributed by atoms with Crippen LogP contribution in [-0.4, -0.2) is 21.8 Å². The second-order valence-electron chi connectivity index (χ2n) is 4.75. The molecule has 0 bridgehead atoms. The molecule has 1 amide bonds. The van der Waals surface area contributed by atoms with Gasteiger partial charge in [-0.15, -0.1) is 11.3 Å². The Kier molecular flexibility index (Phi) is 4.95. The van der Waals surface area contributed by atoms with Gasteiger partial charge in [0.15, 0.2) is 4.34 Å². The zero-order chi connectivity index (χ0) is 16.1. The highest BCUT2D eigenvalue weighted by Gasteiger charge is 2.08. The molecule has 0 saturated heterocycles. The summed E-state index contributed by atoms with van der Waals surface area (Å²) in [5, 5.41) is 14.1. The number of hydrogen-bond donors (Lipinski definition) is 2. The van der Waals surface area contributed by atoms with Gasteiger partial charge in [-0.05, 0) is 12.1 Å². The molecule has 6 heteroatoms. The number of aromatic hydroxyl groups is 1. The van der Waals surface area contributed by atoms with Crippen molar-refractivity contribution in [2.24, 2.45) is 0 Å². The summed E-state index contributed by atoms with van der Waals surface area (Å²) < 4.78 is 0.856. The van der Waals surface area contributed by atoms with Crippen LogP contribution in [0.3, 0.4) is 0 Å². The molecule has 1 heterocycles. The molecule has 116 valence electrons. The van der Waals surface area contributed by atoms with Gasteiger partial charge in [-0.25, -0.2) is 4.98 Å². The number of hydrogen-bond acceptors (Lipinski definition) is 5. The molecule has 23 heavy (non-hydrogen) atoms. The highest BCUT2D eigenvalue weighted by Crippen LogP contribution is 2.28. The molecular formula is C17H14N2O2S2. The Morgan fingerprint density at radius 3 is 2.78 bits per heavy atom. The first-order valence-corrected chi connectivity index (χ1v) is 8.80. The van der Waals surface area contributed by atoms with E-state index in [0.29, 0.717) is 5.69 Å². The van der Waals surface area contributed by atoms with Gasteiger partial charge in [-0.2, -0.15) is 0 Å². The third-order valence-corrected chi connectivity index (χ3v) is 5.03. The molecule has 0 unspecified atom stereocenters. The molecule has 4 nitrogen and oxygen atoms in total. The van der Waals surface area contributed by atoms with Crippen molar-refractivity contribution in [3.05, 3.63) is 60.0 Å². The second kappa shape index (κ2) is 7.30. The monoisotopic (exact) mass is 342 g/mol. The number of anilines is 1. The standard InChI is InChI=1S/C17H14N2O2S2/c20-14-8-4-7-13(9-14)18-16(21)11-23-17-19-15(10-22-17)12-5-2-1-3-6-12/h1-10,20H,11H2,(H,18,21). The van der Waals surface area contributed by atoms with Crippen molar-refractivity contribution in [3.8, 4) is 17.0 Å². The summed E-state index contributed by atoms with van der Waals surface area (Å²) in [6, 6.07) is 16.4. The van der Waals surface area contributed by atoms with Crippen LogP contribution in [0.15, 0.2) is 64.3 Å². The minimum absolute atomic E-state index is 0.128. The molecule has 0 atom stereocenters. The number of amides is 1. The number of nitrogens with one attached hydrogen (secondary N) is 1. The molecule has 0 spiro atoms. The lowest BCUT2D eigenvalue weighted by molar-refractivity contribution is -0.113. The maximum atomic E-state index is 11.9. The molecule has 0 aliphatic rings. The Morgan fingerprint density at radius 1 is 1.17 bits per heavy atom. The largest absolute Gasteiger partial charge is 0.508 e. The molecule has 0 aliphatic carbocycles. The number of phenolic OH excluding ortho intramolecular Hbond substituents is 1. The fourth-order valence-corrected chi connectivity index (χ4v) is 3.61. The van der Waals surface area contributed by atoms with Gasteiger partial charge in [-0.3, -0.25) is 4.79 Å². The average Bonchev–Trinajstić information content (AvgIpc) is 3.03. The van der Waals surface area contributed by atoms with Crippen molar-refractivity contribution in [2.45, 2.75) is 4.34 Å². The fraction of sp³-hybridized carbons (Fsp3) is 0.0588. The van der Waals surface area contributed by atoms with Gasteiger partial charge in [0.25, 0.3) is 0 Å². The number of thiazole rings is 1. The average molecular weight is 342 g/mol. The summed E-state index contributed by atoms with van der Waals surface area (Å²) >= 11 is 2.93. The van der Waals surface area contributed by atoms with Gasteiger partial charge in [0.05, 0.1) is 11.4 Å². The van der Waals surface area contributed by atoms with E-state index in [1.54, 1.807) is 18.2 Å². The van der Waals surface area contributed by atoms with E-state index in [2.05, 4.69) is 10.3 Å². The maximum Gasteiger partial charge on any atom is 0.234 e. The Hall–Kier alpha value is -2.31. The van der Waals surface area contributed by atoms with Crippen molar-refractivity contribution in [3.63, 3.8) is 0 Å². The van der Waals surface area contributed by atoms with Crippen molar-refractivity contribution < 1.29 is 9.90 Å². The summed E-state index contributed by atoms with van der Waals surface area (Å²) in [6.07, 6.45) is 0. The highest BCUT2D eigenvalue weighted by atomic mass is 32.2. The van der Waals surface area contributed by atoms with Crippen LogP contribution in [0.25, 0.3) is 11.3 Å². The molecule has 3 rings (SSSR count). The number of phenols is 1. The van der Waals surface area contributed by atoms with Crippen LogP contribution in [0.2, 0.25) is 0 Å². The Labute approximate surface area is 142 Å². The number of carbonyl (C=O) groups is 1. The van der Waals surface area contributed by atoms with Crippen molar-refractivity contribution in [1.29, 1.82) is 0 Å². The van der Waals surface area contributed by atoms with Gasteiger partial charge < -0.3 is 10.4 Å². The van der Waals surface area contributed by atoms with Crippen LogP contribution in [0.1, 0.15) is 0 Å². The fourth-order valence-electron chi connectivity index (χ4n) is 1.97. The molecular weight excluding hydrogens is 328 g/mol. The normalized spacial score (nSPS) is 10.4. The third-order valence-electron chi connectivity index (χ3n) is 3.01. The predicted octanol–water partition coefficient (Wildman–Crippen LogP) is 4.25. The zero-order valence-corrected chi connectivity index (χ0v) is 13.7. The van der Waals surface area contributed by atoms with Crippen molar-refractivity contribution in [1.82, 2.24) is 4.98 Å². The topological polar surface area (TPSA) is 62.2 Å². The number of rotatable bonds is 5. The molecule has 0 radical (unpaired) electrons. The lowest BCUT2D eigenvalue weighted by Gasteiger charge is -2.04. The number of thioether (sulfide) groups is 1. The van der Waals surface area contributed by atoms with Gasteiger partial charge in [0.1, 0.15) is 5.75 Å². The van der Waals surface area contributed by atoms with Gasteiger partial charge in [0, 0.05) is 22.7 Å². The van der Waals surface area contributed by atoms with Gasteiger partial charge in [-0.1, -0.05) is 48.2 Å². The third kappa shape index (κ3) is 4.34. The summed E-state index contributed by atoms with van der Waals surface area (Å²) in [4.78, 5) is 16.5. The lowest BCUT2D eigenvalue weighted by Crippen LogP contribution is -2.13. The Morgan fingerprint density at radius 2 is 2.00 bits per heavy atom. The number of nitrogens with zero attached hydrogens (tertiary/aromatic N) is 1. The van der Waals surface area contributed by atoms with Crippen LogP contribution >= 0.6 is 23.1 Å². The van der Waals surface area contributed by atoms with Crippen molar-refractivity contribution >= 4 is 34.7 Å². The van der Waals surface area contributed by atoms with Crippen LogP contribution in [0.4, 0.5) is 5.69 Å². The van der Waals surface area contributed by atoms with E-state index in [0.717, 1.165) is 15.6 Å². The van der Waals surface area contributed by atoms with E-state index in [1.807, 2.05) is 35.7 Å². The first-order chi connectivity index (χ1) is 11.2. The molecule has 0 fully saturated rings. The summed E-state index contributed by atoms with van der Waals surface area (Å²) in [5.41, 5.74) is 2.58. The highest BCUT2D eigenvalue weighted by molar-refractivity contribution is 8.01. The predicted molar refractivity (Wildman–Crippen MR) is 95.0 cm³/mol. The molecule has 0 aliphatic heterocycles. The van der Waals surface area contributed by atoms with Crippen LogP contribution in [0.5, 0.6) is 5.75 Å². The second-order valence-corrected chi connectivity index (χ2v) is 6.83. The summed E-state index contributed by atoms with van der Waals surface area (Å²) in [5.74, 6) is 0.275. The van der Waals surface area contributed by atoms with E-state index in [4.69, 9.17) is 0 Å². The number of benzene rings is 2. The molecule has 1 aromatic heterocycles. The lowest BCUT2D eigenvalue weighted by atomic mass is 10.2.